The molecular weight excluding hydrogens is 224 g/mol. The molecule has 1 aromatic carbocycles. The lowest BCUT2D eigenvalue weighted by atomic mass is 10.2. The summed E-state index contributed by atoms with van der Waals surface area (Å²) < 4.78 is 0. The number of hydrogen-bond acceptors (Lipinski definition) is 1. The first-order valence-electron chi connectivity index (χ1n) is 4.61. The molecule has 0 N–H and O–H groups in total. The number of halogens is 1. The quantitative estimate of drug-likeness (QED) is 0.651. The van der Waals surface area contributed by atoms with Crippen molar-refractivity contribution in [3.05, 3.63) is 63.8 Å². The predicted molar refractivity (Wildman–Crippen MR) is 70.6 cm³/mol. The Labute approximate surface area is 99.8 Å². The molecule has 2 aromatic rings. The molecule has 15 heavy (non-hydrogen) atoms. The van der Waals surface area contributed by atoms with E-state index in [4.69, 9.17) is 11.6 Å². The summed E-state index contributed by atoms with van der Waals surface area (Å²) in [6, 6.07) is 11.8. The van der Waals surface area contributed by atoms with Crippen molar-refractivity contribution in [2.24, 2.45) is 0 Å². The third-order valence-electron chi connectivity index (χ3n) is 1.79. The highest BCUT2D eigenvalue weighted by atomic mass is 35.5. The standard InChI is InChI=1S/C8H7Cl.C5H6S/c1-2-7-5-3-4-6-8(7)9;1-5-3-2-4-6-5/h2-6H,1H2;2-4H,1H3. The van der Waals surface area contributed by atoms with E-state index >= 15 is 0 Å². The molecule has 2 rings (SSSR count). The van der Waals surface area contributed by atoms with Crippen molar-refractivity contribution in [1.29, 1.82) is 0 Å². The van der Waals surface area contributed by atoms with Crippen molar-refractivity contribution in [3.8, 4) is 0 Å². The maximum atomic E-state index is 5.75. The van der Waals surface area contributed by atoms with Crippen LogP contribution < -0.4 is 0 Å². The van der Waals surface area contributed by atoms with Crippen LogP contribution in [0.15, 0.2) is 48.4 Å². The second kappa shape index (κ2) is 6.44. The molecule has 1 aromatic heterocycles. The van der Waals surface area contributed by atoms with Gasteiger partial charge in [0.05, 0.1) is 0 Å². The Morgan fingerprint density at radius 3 is 2.27 bits per heavy atom. The van der Waals surface area contributed by atoms with Gasteiger partial charge in [0.2, 0.25) is 0 Å². The van der Waals surface area contributed by atoms with Crippen LogP contribution in [0.1, 0.15) is 10.4 Å². The highest BCUT2D eigenvalue weighted by Crippen LogP contribution is 2.14. The molecule has 78 valence electrons. The van der Waals surface area contributed by atoms with E-state index in [0.717, 1.165) is 10.6 Å². The fourth-order valence-electron chi connectivity index (χ4n) is 1.00. The summed E-state index contributed by atoms with van der Waals surface area (Å²) in [5.41, 5.74) is 0.985. The van der Waals surface area contributed by atoms with Gasteiger partial charge >= 0.3 is 0 Å². The van der Waals surface area contributed by atoms with E-state index < -0.39 is 0 Å². The zero-order chi connectivity index (χ0) is 11.1. The summed E-state index contributed by atoms with van der Waals surface area (Å²) in [6.45, 7) is 5.71. The van der Waals surface area contributed by atoms with E-state index in [0.29, 0.717) is 0 Å². The normalized spacial score (nSPS) is 8.93. The summed E-state index contributed by atoms with van der Waals surface area (Å²) >= 11 is 7.53. The smallest absolute Gasteiger partial charge is 0.0478 e. The van der Waals surface area contributed by atoms with Gasteiger partial charge in [0.1, 0.15) is 0 Å². The SMILES string of the molecule is C=Cc1ccccc1Cl.Cc1cccs1. The molecule has 0 spiro atoms. The first-order valence-corrected chi connectivity index (χ1v) is 5.87. The average Bonchev–Trinajstić information content (AvgIpc) is 2.71. The Morgan fingerprint density at radius 2 is 1.93 bits per heavy atom. The average molecular weight is 237 g/mol. The van der Waals surface area contributed by atoms with Gasteiger partial charge in [-0.1, -0.05) is 48.5 Å². The van der Waals surface area contributed by atoms with Crippen LogP contribution in [0.2, 0.25) is 5.02 Å². The van der Waals surface area contributed by atoms with Crippen LogP contribution in [0.25, 0.3) is 6.08 Å². The molecule has 0 saturated carbocycles. The van der Waals surface area contributed by atoms with Crippen molar-refractivity contribution in [2.45, 2.75) is 6.92 Å². The van der Waals surface area contributed by atoms with Gasteiger partial charge in [0.25, 0.3) is 0 Å². The lowest BCUT2D eigenvalue weighted by molar-refractivity contribution is 1.64. The summed E-state index contributed by atoms with van der Waals surface area (Å²) in [5.74, 6) is 0. The minimum Gasteiger partial charge on any atom is -0.149 e. The Balaban J connectivity index is 0.000000162. The van der Waals surface area contributed by atoms with Gasteiger partial charge in [-0.2, -0.15) is 0 Å². The number of benzene rings is 1. The Bertz CT molecular complexity index is 404. The first kappa shape index (κ1) is 12.0. The lowest BCUT2D eigenvalue weighted by Crippen LogP contribution is -1.69. The zero-order valence-corrected chi connectivity index (χ0v) is 10.2. The third-order valence-corrected chi connectivity index (χ3v) is 2.93. The Hall–Kier alpha value is -1.05. The molecule has 0 atom stereocenters. The van der Waals surface area contributed by atoms with Crippen LogP contribution in [-0.4, -0.2) is 0 Å². The van der Waals surface area contributed by atoms with Gasteiger partial charge < -0.3 is 0 Å². The third kappa shape index (κ3) is 4.32. The first-order chi connectivity index (χ1) is 7.24. The minimum absolute atomic E-state index is 0.757. The van der Waals surface area contributed by atoms with Crippen LogP contribution >= 0.6 is 22.9 Å². The minimum atomic E-state index is 0.757. The summed E-state index contributed by atoms with van der Waals surface area (Å²) in [7, 11) is 0. The van der Waals surface area contributed by atoms with Crippen LogP contribution in [0, 0.1) is 6.92 Å². The van der Waals surface area contributed by atoms with Gasteiger partial charge in [-0.15, -0.1) is 11.3 Å². The maximum Gasteiger partial charge on any atom is 0.0478 e. The second-order valence-corrected chi connectivity index (χ2v) is 4.51. The largest absolute Gasteiger partial charge is 0.149 e. The molecule has 0 fully saturated rings. The van der Waals surface area contributed by atoms with Crippen molar-refractivity contribution >= 4 is 29.0 Å². The predicted octanol–water partition coefficient (Wildman–Crippen LogP) is 5.04. The summed E-state index contributed by atoms with van der Waals surface area (Å²) in [5, 5.41) is 2.84. The number of thiophene rings is 1. The van der Waals surface area contributed by atoms with Crippen LogP contribution in [-0.2, 0) is 0 Å². The van der Waals surface area contributed by atoms with Gasteiger partial charge in [0, 0.05) is 9.90 Å². The summed E-state index contributed by atoms with van der Waals surface area (Å²) in [6.07, 6.45) is 1.74. The van der Waals surface area contributed by atoms with Gasteiger partial charge in [-0.3, -0.25) is 0 Å². The molecule has 0 unspecified atom stereocenters. The van der Waals surface area contributed by atoms with E-state index in [1.807, 2.05) is 24.3 Å². The molecule has 2 heteroatoms. The molecule has 0 amide bonds. The van der Waals surface area contributed by atoms with E-state index in [9.17, 15) is 0 Å². The van der Waals surface area contributed by atoms with Crippen molar-refractivity contribution in [1.82, 2.24) is 0 Å². The van der Waals surface area contributed by atoms with Crippen molar-refractivity contribution < 1.29 is 0 Å². The highest BCUT2D eigenvalue weighted by molar-refractivity contribution is 7.09. The van der Waals surface area contributed by atoms with E-state index in [1.54, 1.807) is 17.4 Å². The van der Waals surface area contributed by atoms with E-state index in [1.165, 1.54) is 4.88 Å². The van der Waals surface area contributed by atoms with Crippen LogP contribution in [0.5, 0.6) is 0 Å². The number of rotatable bonds is 1. The monoisotopic (exact) mass is 236 g/mol. The molecule has 1 heterocycles. The topological polar surface area (TPSA) is 0 Å². The van der Waals surface area contributed by atoms with E-state index in [2.05, 4.69) is 31.0 Å². The van der Waals surface area contributed by atoms with Crippen molar-refractivity contribution in [3.63, 3.8) is 0 Å². The number of hydrogen-bond donors (Lipinski definition) is 0. The van der Waals surface area contributed by atoms with Gasteiger partial charge in [0.15, 0.2) is 0 Å². The molecule has 0 aliphatic heterocycles. The molecule has 0 aliphatic carbocycles. The second-order valence-electron chi connectivity index (χ2n) is 2.95. The fourth-order valence-corrected chi connectivity index (χ4v) is 1.74. The maximum absolute atomic E-state index is 5.75. The zero-order valence-electron chi connectivity index (χ0n) is 8.61. The highest BCUT2D eigenvalue weighted by Gasteiger charge is 1.89. The molecule has 0 nitrogen and oxygen atoms in total. The van der Waals surface area contributed by atoms with Crippen LogP contribution in [0.3, 0.4) is 0 Å². The lowest BCUT2D eigenvalue weighted by Gasteiger charge is -1.92. The Kier molecular flexibility index (Phi) is 5.16. The van der Waals surface area contributed by atoms with Crippen molar-refractivity contribution in [2.75, 3.05) is 0 Å². The van der Waals surface area contributed by atoms with Gasteiger partial charge in [-0.25, -0.2) is 0 Å². The van der Waals surface area contributed by atoms with E-state index in [-0.39, 0.29) is 0 Å². The molecule has 0 radical (unpaired) electrons. The fraction of sp³-hybridized carbons (Fsp3) is 0.0769. The molecule has 0 aliphatic rings. The number of aryl methyl sites for hydroxylation is 1. The molecule has 0 saturated heterocycles. The van der Waals surface area contributed by atoms with Gasteiger partial charge in [-0.05, 0) is 30.0 Å². The molecular formula is C13H13ClS. The molecule has 0 bridgehead atoms. The Morgan fingerprint density at radius 1 is 1.20 bits per heavy atom. The summed E-state index contributed by atoms with van der Waals surface area (Å²) in [4.78, 5) is 1.38. The van der Waals surface area contributed by atoms with Crippen LogP contribution in [0.4, 0.5) is 0 Å².